The van der Waals surface area contributed by atoms with E-state index < -0.39 is 6.04 Å². The molecule has 4 heteroatoms. The molecule has 67 heavy (non-hydrogen) atoms. The van der Waals surface area contributed by atoms with Gasteiger partial charge in [0, 0.05) is 43.6 Å². The van der Waals surface area contributed by atoms with E-state index in [2.05, 4.69) is 223 Å². The summed E-state index contributed by atoms with van der Waals surface area (Å²) in [5.41, 5.74) is 11.6. The Bertz CT molecular complexity index is 4300. The van der Waals surface area contributed by atoms with Crippen LogP contribution in [-0.4, -0.2) is 16.1 Å². The van der Waals surface area contributed by atoms with Gasteiger partial charge in [-0.25, -0.2) is 4.99 Å². The van der Waals surface area contributed by atoms with Gasteiger partial charge in [-0.05, 0) is 96.9 Å². The number of aliphatic imine (C=N–C) groups is 2. The summed E-state index contributed by atoms with van der Waals surface area (Å²) in [6, 6.07) is 77.8. The summed E-state index contributed by atoms with van der Waals surface area (Å²) in [6.45, 7) is 4.88. The second-order valence-electron chi connectivity index (χ2n) is 17.8. The summed E-state index contributed by atoms with van der Waals surface area (Å²) in [5.74, 6) is 0.664. The highest BCUT2D eigenvalue weighted by molar-refractivity contribution is 6.27. The number of rotatable bonds is 5. The Morgan fingerprint density at radius 3 is 1.90 bits per heavy atom. The zero-order chi connectivity index (χ0) is 44.2. The number of nitrogens with zero attached hydrogens (tertiary/aromatic N) is 3. The van der Waals surface area contributed by atoms with Crippen molar-refractivity contribution in [1.82, 2.24) is 4.57 Å². The predicted octanol–water partition coefficient (Wildman–Crippen LogP) is 16.5. The van der Waals surface area contributed by atoms with Crippen LogP contribution < -0.4 is 0 Å². The Kier molecular flexibility index (Phi) is 8.16. The fourth-order valence-corrected chi connectivity index (χ4v) is 10.7. The number of amidine groups is 1. The zero-order valence-electron chi connectivity index (χ0n) is 36.3. The molecular formula is C63H39N3O. The van der Waals surface area contributed by atoms with Crippen LogP contribution in [0.3, 0.4) is 0 Å². The van der Waals surface area contributed by atoms with Crippen LogP contribution >= 0.6 is 0 Å². The highest BCUT2D eigenvalue weighted by Gasteiger charge is 2.29. The largest absolute Gasteiger partial charge is 0.454 e. The summed E-state index contributed by atoms with van der Waals surface area (Å²) >= 11 is 0. The molecular weight excluding hydrogens is 815 g/mol. The van der Waals surface area contributed by atoms with Crippen LogP contribution in [0.4, 0.5) is 0 Å². The SMILES string of the molecule is C=C1C(c2cc(-n3c4cc5ccccc5cc4c4ccc5ccccc5c43)c3oc4ccc5ccccc5c4c3c2)=NC(c2cccc(-c3ccccc3)c2)=N[C@@H]1c1ccc2ccccc2c1. The Morgan fingerprint density at radius 1 is 0.433 bits per heavy atom. The van der Waals surface area contributed by atoms with Crippen molar-refractivity contribution in [3.8, 4) is 16.8 Å². The van der Waals surface area contributed by atoms with Gasteiger partial charge in [0.2, 0.25) is 0 Å². The lowest BCUT2D eigenvalue weighted by Crippen LogP contribution is -2.20. The first-order valence-corrected chi connectivity index (χ1v) is 22.8. The molecule has 0 radical (unpaired) electrons. The third-order valence-corrected chi connectivity index (χ3v) is 13.9. The van der Waals surface area contributed by atoms with Crippen LogP contribution in [0, 0.1) is 0 Å². The third kappa shape index (κ3) is 5.86. The van der Waals surface area contributed by atoms with Crippen LogP contribution in [0.15, 0.2) is 245 Å². The minimum atomic E-state index is -0.392. The first-order chi connectivity index (χ1) is 33.1. The normalized spacial score (nSPS) is 14.3. The summed E-state index contributed by atoms with van der Waals surface area (Å²) in [5, 5.41) is 13.8. The van der Waals surface area contributed by atoms with E-state index in [1.54, 1.807) is 0 Å². The van der Waals surface area contributed by atoms with Crippen LogP contribution in [0.1, 0.15) is 22.7 Å². The zero-order valence-corrected chi connectivity index (χ0v) is 36.3. The Morgan fingerprint density at radius 2 is 1.07 bits per heavy atom. The molecule has 14 rings (SSSR count). The number of furan rings is 1. The molecule has 0 fully saturated rings. The minimum absolute atomic E-state index is 0.392. The van der Waals surface area contributed by atoms with E-state index >= 15 is 0 Å². The second-order valence-corrected chi connectivity index (χ2v) is 17.8. The first-order valence-electron chi connectivity index (χ1n) is 22.8. The summed E-state index contributed by atoms with van der Waals surface area (Å²) in [7, 11) is 0. The lowest BCUT2D eigenvalue weighted by molar-refractivity contribution is 0.666. The van der Waals surface area contributed by atoms with Crippen molar-refractivity contribution in [3.63, 3.8) is 0 Å². The topological polar surface area (TPSA) is 42.8 Å². The van der Waals surface area contributed by atoms with E-state index in [1.807, 2.05) is 0 Å². The van der Waals surface area contributed by atoms with Crippen molar-refractivity contribution in [2.24, 2.45) is 9.98 Å². The maximum absolute atomic E-state index is 7.15. The maximum atomic E-state index is 7.15. The van der Waals surface area contributed by atoms with Crippen molar-refractivity contribution >= 4 is 98.4 Å². The van der Waals surface area contributed by atoms with Crippen LogP contribution in [0.25, 0.3) is 104 Å². The molecule has 1 aliphatic rings. The van der Waals surface area contributed by atoms with Crippen molar-refractivity contribution < 1.29 is 4.42 Å². The fourth-order valence-electron chi connectivity index (χ4n) is 10.7. The number of hydrogen-bond donors (Lipinski definition) is 0. The van der Waals surface area contributed by atoms with Crippen molar-refractivity contribution in [1.29, 1.82) is 0 Å². The van der Waals surface area contributed by atoms with Gasteiger partial charge in [-0.3, -0.25) is 4.99 Å². The molecule has 11 aromatic carbocycles. The molecule has 0 amide bonds. The monoisotopic (exact) mass is 853 g/mol. The number of aromatic nitrogens is 1. The number of benzene rings is 11. The second kappa shape index (κ2) is 14.6. The predicted molar refractivity (Wildman–Crippen MR) is 281 cm³/mol. The standard InChI is InChI=1S/C63H39N3O/c1-38-59(47-27-26-40-16-5-6-19-43(40)32-47)64-63(48-23-13-22-44(33-48)39-14-3-2-4-15-39)65-60(38)49-35-54-58-50-24-11-9-17-41(50)29-31-57(58)67-62(54)56(37-49)66-55-36-46-21-8-7-20-45(46)34-53(55)52-30-28-42-18-10-12-25-51(42)61(52)66/h2-37,59H,1H2/t59-/m0/s1. The Labute approximate surface area is 385 Å². The van der Waals surface area contributed by atoms with Gasteiger partial charge in [-0.1, -0.05) is 183 Å². The van der Waals surface area contributed by atoms with Crippen LogP contribution in [-0.2, 0) is 0 Å². The van der Waals surface area contributed by atoms with E-state index in [-0.39, 0.29) is 0 Å². The Balaban J connectivity index is 1.09. The third-order valence-electron chi connectivity index (χ3n) is 13.9. The maximum Gasteiger partial charge on any atom is 0.159 e. The molecule has 3 heterocycles. The summed E-state index contributed by atoms with van der Waals surface area (Å²) < 4.78 is 9.60. The van der Waals surface area contributed by atoms with Crippen molar-refractivity contribution in [2.45, 2.75) is 6.04 Å². The fraction of sp³-hybridized carbons (Fsp3) is 0.0159. The average molecular weight is 854 g/mol. The van der Waals surface area contributed by atoms with Gasteiger partial charge >= 0.3 is 0 Å². The molecule has 0 N–H and O–H groups in total. The molecule has 0 unspecified atom stereocenters. The summed E-state index contributed by atoms with van der Waals surface area (Å²) in [4.78, 5) is 11.1. The molecule has 0 saturated heterocycles. The average Bonchev–Trinajstić information content (AvgIpc) is 3.94. The quantitative estimate of drug-likeness (QED) is 0.170. The molecule has 2 aromatic heterocycles. The lowest BCUT2D eigenvalue weighted by Gasteiger charge is -2.25. The highest BCUT2D eigenvalue weighted by Crippen LogP contribution is 2.45. The van der Waals surface area contributed by atoms with Crippen LogP contribution in [0.2, 0.25) is 0 Å². The highest BCUT2D eigenvalue weighted by atomic mass is 16.3. The van der Waals surface area contributed by atoms with Crippen molar-refractivity contribution in [2.75, 3.05) is 0 Å². The number of hydrogen-bond acceptors (Lipinski definition) is 3. The molecule has 1 aliphatic heterocycles. The van der Waals surface area contributed by atoms with E-state index in [0.29, 0.717) is 5.84 Å². The van der Waals surface area contributed by atoms with Gasteiger partial charge in [0.25, 0.3) is 0 Å². The molecule has 0 bridgehead atoms. The first kappa shape index (κ1) is 37.5. The van der Waals surface area contributed by atoms with E-state index in [0.717, 1.165) is 93.9 Å². The Hall–Kier alpha value is -8.86. The summed E-state index contributed by atoms with van der Waals surface area (Å²) in [6.07, 6.45) is 0. The van der Waals surface area contributed by atoms with Gasteiger partial charge < -0.3 is 8.98 Å². The van der Waals surface area contributed by atoms with E-state index in [4.69, 9.17) is 21.0 Å². The van der Waals surface area contributed by atoms with Crippen LogP contribution in [0.5, 0.6) is 0 Å². The number of fused-ring (bicyclic) bond motifs is 12. The molecule has 0 spiro atoms. The molecule has 4 nitrogen and oxygen atoms in total. The van der Waals surface area contributed by atoms with Gasteiger partial charge in [0.05, 0.1) is 22.4 Å². The molecule has 0 aliphatic carbocycles. The lowest BCUT2D eigenvalue weighted by atomic mass is 9.89. The van der Waals surface area contributed by atoms with Gasteiger partial charge in [0.1, 0.15) is 11.6 Å². The van der Waals surface area contributed by atoms with E-state index in [1.165, 1.54) is 37.7 Å². The van der Waals surface area contributed by atoms with E-state index in [9.17, 15) is 0 Å². The minimum Gasteiger partial charge on any atom is -0.454 e. The van der Waals surface area contributed by atoms with Gasteiger partial charge in [0.15, 0.2) is 11.4 Å². The molecule has 0 saturated carbocycles. The van der Waals surface area contributed by atoms with Crippen molar-refractivity contribution in [3.05, 3.63) is 247 Å². The molecule has 13 aromatic rings. The van der Waals surface area contributed by atoms with Gasteiger partial charge in [-0.2, -0.15) is 0 Å². The molecule has 312 valence electrons. The molecule has 1 atom stereocenters. The van der Waals surface area contributed by atoms with Gasteiger partial charge in [-0.15, -0.1) is 0 Å². The smallest absolute Gasteiger partial charge is 0.159 e.